The molecule has 120 valence electrons. The van der Waals surface area contributed by atoms with E-state index < -0.39 is 0 Å². The monoisotopic (exact) mass is 313 g/mol. The maximum atomic E-state index is 12.3. The Morgan fingerprint density at radius 2 is 2.14 bits per heavy atom. The summed E-state index contributed by atoms with van der Waals surface area (Å²) >= 11 is 1.69. The highest BCUT2D eigenvalue weighted by atomic mass is 32.2. The van der Waals surface area contributed by atoms with E-state index in [4.69, 9.17) is 0 Å². The van der Waals surface area contributed by atoms with Gasteiger partial charge in [0, 0.05) is 37.0 Å². The Hall–Kier alpha value is -0.750. The molecule has 0 radical (unpaired) electrons. The largest absolute Gasteiger partial charge is 0.340 e. The minimum atomic E-state index is 0.110. The van der Waals surface area contributed by atoms with Crippen molar-refractivity contribution in [3.05, 3.63) is 0 Å². The third kappa shape index (κ3) is 4.88. The second kappa shape index (κ2) is 7.01. The number of piperidine rings is 1. The van der Waals surface area contributed by atoms with Gasteiger partial charge in [-0.05, 0) is 12.8 Å². The normalized spacial score (nSPS) is 24.3. The molecule has 0 aromatic heterocycles. The molecule has 0 aromatic carbocycles. The van der Waals surface area contributed by atoms with E-state index in [2.05, 4.69) is 26.1 Å². The lowest BCUT2D eigenvalue weighted by Crippen LogP contribution is -2.57. The molecule has 21 heavy (non-hydrogen) atoms. The fourth-order valence-corrected chi connectivity index (χ4v) is 3.55. The highest BCUT2D eigenvalue weighted by Crippen LogP contribution is 2.24. The molecule has 2 aliphatic rings. The number of piperazine rings is 1. The first-order valence-electron chi connectivity index (χ1n) is 7.79. The molecule has 0 spiro atoms. The molecule has 2 aliphatic heterocycles. The van der Waals surface area contributed by atoms with Crippen molar-refractivity contribution >= 4 is 23.6 Å². The van der Waals surface area contributed by atoms with E-state index >= 15 is 0 Å². The summed E-state index contributed by atoms with van der Waals surface area (Å²) in [5, 5.41) is 3.10. The van der Waals surface area contributed by atoms with Gasteiger partial charge >= 0.3 is 0 Å². The zero-order valence-electron chi connectivity index (χ0n) is 13.4. The summed E-state index contributed by atoms with van der Waals surface area (Å²) in [5.41, 5.74) is 0. The zero-order chi connectivity index (χ0) is 15.5. The van der Waals surface area contributed by atoms with Gasteiger partial charge in [0.15, 0.2) is 0 Å². The third-order valence-corrected chi connectivity index (χ3v) is 5.20. The molecule has 1 atom stereocenters. The van der Waals surface area contributed by atoms with Crippen LogP contribution >= 0.6 is 11.8 Å². The average molecular weight is 313 g/mol. The van der Waals surface area contributed by atoms with Crippen LogP contribution in [0.2, 0.25) is 0 Å². The minimum Gasteiger partial charge on any atom is -0.340 e. The van der Waals surface area contributed by atoms with Crippen LogP contribution in [0.3, 0.4) is 0 Å². The summed E-state index contributed by atoms with van der Waals surface area (Å²) in [6.07, 6.45) is 2.01. The fraction of sp³-hybridized carbons (Fsp3) is 0.867. The van der Waals surface area contributed by atoms with Gasteiger partial charge in [-0.1, -0.05) is 20.8 Å². The number of carbonyl (C=O) groups excluding carboxylic acids is 2. The molecule has 5 nitrogen and oxygen atoms in total. The number of nitrogens with zero attached hydrogens (tertiary/aromatic N) is 2. The third-order valence-electron chi connectivity index (χ3n) is 3.94. The van der Waals surface area contributed by atoms with Crippen molar-refractivity contribution in [2.75, 3.05) is 38.5 Å². The molecular formula is C15H27N3O2S. The van der Waals surface area contributed by atoms with E-state index in [0.717, 1.165) is 32.5 Å². The Morgan fingerprint density at radius 3 is 2.81 bits per heavy atom. The Balaban J connectivity index is 1.88. The lowest BCUT2D eigenvalue weighted by molar-refractivity contribution is -0.139. The van der Waals surface area contributed by atoms with Crippen molar-refractivity contribution in [2.45, 2.75) is 44.4 Å². The minimum absolute atomic E-state index is 0.110. The maximum absolute atomic E-state index is 12.3. The van der Waals surface area contributed by atoms with Gasteiger partial charge in [0.2, 0.25) is 11.8 Å². The number of nitrogens with one attached hydrogen (secondary N) is 1. The molecule has 0 unspecified atom stereocenters. The van der Waals surface area contributed by atoms with Gasteiger partial charge in [-0.25, -0.2) is 0 Å². The number of likely N-dealkylation sites (tertiary alicyclic amines) is 1. The summed E-state index contributed by atoms with van der Waals surface area (Å²) in [6.45, 7) is 9.98. The highest BCUT2D eigenvalue weighted by Gasteiger charge is 2.31. The van der Waals surface area contributed by atoms with Crippen molar-refractivity contribution in [1.82, 2.24) is 15.1 Å². The summed E-state index contributed by atoms with van der Waals surface area (Å²) in [5.74, 6) is 0.915. The van der Waals surface area contributed by atoms with Crippen molar-refractivity contribution in [3.63, 3.8) is 0 Å². The van der Waals surface area contributed by atoms with Crippen LogP contribution in [0.15, 0.2) is 0 Å². The van der Waals surface area contributed by atoms with Crippen molar-refractivity contribution in [2.24, 2.45) is 0 Å². The van der Waals surface area contributed by atoms with E-state index in [1.165, 1.54) is 0 Å². The first kappa shape index (κ1) is 16.6. The van der Waals surface area contributed by atoms with Crippen LogP contribution in [0.5, 0.6) is 0 Å². The molecule has 0 aliphatic carbocycles. The Bertz CT molecular complexity index is 395. The standard InChI is InChI=1S/C15H27N3O2S/c1-15(2,3)21-11-14(20)17-7-4-5-12(10-17)18-8-6-16-9-13(18)19/h12,16H,4-11H2,1-3H3/t12-/m0/s1. The Kier molecular flexibility index (Phi) is 5.54. The highest BCUT2D eigenvalue weighted by molar-refractivity contribution is 8.01. The number of rotatable bonds is 3. The van der Waals surface area contributed by atoms with Crippen molar-refractivity contribution in [1.29, 1.82) is 0 Å². The van der Waals surface area contributed by atoms with E-state index in [0.29, 0.717) is 18.8 Å². The van der Waals surface area contributed by atoms with Crippen molar-refractivity contribution < 1.29 is 9.59 Å². The molecular weight excluding hydrogens is 286 g/mol. The summed E-state index contributed by atoms with van der Waals surface area (Å²) < 4.78 is 0.110. The van der Waals surface area contributed by atoms with Crippen LogP contribution in [-0.4, -0.2) is 70.9 Å². The predicted octanol–water partition coefficient (Wildman–Crippen LogP) is 0.941. The molecule has 2 heterocycles. The van der Waals surface area contributed by atoms with E-state index in [-0.39, 0.29) is 22.6 Å². The van der Waals surface area contributed by atoms with E-state index in [9.17, 15) is 9.59 Å². The number of amides is 2. The molecule has 6 heteroatoms. The molecule has 2 rings (SSSR count). The van der Waals surface area contributed by atoms with Crippen LogP contribution in [0.1, 0.15) is 33.6 Å². The quantitative estimate of drug-likeness (QED) is 0.842. The molecule has 1 N–H and O–H groups in total. The number of hydrogen-bond donors (Lipinski definition) is 1. The van der Waals surface area contributed by atoms with Gasteiger partial charge in [-0.3, -0.25) is 9.59 Å². The average Bonchev–Trinajstić information content (AvgIpc) is 2.44. The van der Waals surface area contributed by atoms with Crippen molar-refractivity contribution in [3.8, 4) is 0 Å². The summed E-state index contributed by atoms with van der Waals surface area (Å²) in [7, 11) is 0. The Morgan fingerprint density at radius 1 is 1.38 bits per heavy atom. The molecule has 0 saturated carbocycles. The van der Waals surface area contributed by atoms with Gasteiger partial charge in [-0.2, -0.15) is 0 Å². The number of thioether (sulfide) groups is 1. The summed E-state index contributed by atoms with van der Waals surface area (Å²) in [6, 6.07) is 0.205. The first-order chi connectivity index (χ1) is 9.87. The topological polar surface area (TPSA) is 52.7 Å². The molecule has 0 bridgehead atoms. The fourth-order valence-electron chi connectivity index (χ4n) is 2.81. The second-order valence-electron chi connectivity index (χ2n) is 6.80. The maximum Gasteiger partial charge on any atom is 0.236 e. The van der Waals surface area contributed by atoms with Gasteiger partial charge in [0.1, 0.15) is 0 Å². The number of carbonyl (C=O) groups is 2. The molecule has 0 aromatic rings. The molecule has 2 fully saturated rings. The van der Waals surface area contributed by atoms with E-state index in [1.54, 1.807) is 11.8 Å². The SMILES string of the molecule is CC(C)(C)SCC(=O)N1CCC[C@H](N2CCNCC2=O)C1. The van der Waals surface area contributed by atoms with Crippen LogP contribution in [-0.2, 0) is 9.59 Å². The lowest BCUT2D eigenvalue weighted by atomic mass is 10.0. The van der Waals surface area contributed by atoms with Crippen LogP contribution in [0, 0.1) is 0 Å². The second-order valence-corrected chi connectivity index (χ2v) is 8.60. The zero-order valence-corrected chi connectivity index (χ0v) is 14.2. The van der Waals surface area contributed by atoms with Crippen LogP contribution < -0.4 is 5.32 Å². The van der Waals surface area contributed by atoms with Gasteiger partial charge in [0.05, 0.1) is 12.3 Å². The number of hydrogen-bond acceptors (Lipinski definition) is 4. The van der Waals surface area contributed by atoms with Crippen LogP contribution in [0.25, 0.3) is 0 Å². The molecule has 2 saturated heterocycles. The van der Waals surface area contributed by atoms with Gasteiger partial charge in [-0.15, -0.1) is 11.8 Å². The van der Waals surface area contributed by atoms with E-state index in [1.807, 2.05) is 9.80 Å². The lowest BCUT2D eigenvalue weighted by Gasteiger charge is -2.41. The predicted molar refractivity (Wildman–Crippen MR) is 86.4 cm³/mol. The Labute approximate surface area is 131 Å². The van der Waals surface area contributed by atoms with Crippen LogP contribution in [0.4, 0.5) is 0 Å². The smallest absolute Gasteiger partial charge is 0.236 e. The summed E-state index contributed by atoms with van der Waals surface area (Å²) in [4.78, 5) is 28.2. The first-order valence-corrected chi connectivity index (χ1v) is 8.77. The molecule has 2 amide bonds. The van der Waals surface area contributed by atoms with Gasteiger partial charge < -0.3 is 15.1 Å². The van der Waals surface area contributed by atoms with Gasteiger partial charge in [0.25, 0.3) is 0 Å².